The smallest absolute Gasteiger partial charge is 0.336 e. The summed E-state index contributed by atoms with van der Waals surface area (Å²) in [6.07, 6.45) is 6.81. The lowest BCUT2D eigenvalue weighted by atomic mass is 9.84. The molecule has 3 N–H and O–H groups in total. The van der Waals surface area contributed by atoms with Gasteiger partial charge in [-0.3, -0.25) is 0 Å². The predicted molar refractivity (Wildman–Crippen MR) is 120 cm³/mol. The Balaban J connectivity index is 1.72. The third kappa shape index (κ3) is 3.60. The number of nitrogens with one attached hydrogen (secondary N) is 1. The maximum Gasteiger partial charge on any atom is 0.336 e. The molecule has 0 bridgehead atoms. The number of rotatable bonds is 5. The summed E-state index contributed by atoms with van der Waals surface area (Å²) in [6.45, 7) is 3.75. The van der Waals surface area contributed by atoms with Gasteiger partial charge in [0.1, 0.15) is 5.75 Å². The standard InChI is InChI=1S/C25H28N2O5/c1-14-21-11-16-7-6-15-10-18(32-17-4-2-3-5-17)12-19(20(25(30)31)13-22(28)29)23(15)24(16)27(21)9-8-26-14/h10-14,17,26H,2-9H2,1H3,(H,28,29)(H,30,31). The Morgan fingerprint density at radius 3 is 2.59 bits per heavy atom. The Morgan fingerprint density at radius 2 is 1.88 bits per heavy atom. The van der Waals surface area contributed by atoms with Crippen LogP contribution in [0.2, 0.25) is 0 Å². The molecule has 1 unspecified atom stereocenters. The lowest BCUT2D eigenvalue weighted by Crippen LogP contribution is -2.31. The van der Waals surface area contributed by atoms with Crippen LogP contribution in [-0.2, 0) is 29.0 Å². The molecule has 1 aliphatic heterocycles. The summed E-state index contributed by atoms with van der Waals surface area (Å²) in [5, 5.41) is 22.8. The highest BCUT2D eigenvalue weighted by molar-refractivity contribution is 6.21. The molecule has 0 amide bonds. The fraction of sp³-hybridized carbons (Fsp3) is 0.440. The van der Waals surface area contributed by atoms with Crippen LogP contribution in [-0.4, -0.2) is 39.4 Å². The molecule has 2 heterocycles. The van der Waals surface area contributed by atoms with Crippen LogP contribution in [0.3, 0.4) is 0 Å². The molecule has 0 saturated heterocycles. The molecular formula is C25H28N2O5. The van der Waals surface area contributed by atoms with Gasteiger partial charge >= 0.3 is 11.9 Å². The van der Waals surface area contributed by atoms with Crippen LogP contribution in [0.5, 0.6) is 5.75 Å². The Hall–Kier alpha value is -3.06. The molecule has 1 fully saturated rings. The van der Waals surface area contributed by atoms with Crippen LogP contribution in [0.25, 0.3) is 16.8 Å². The van der Waals surface area contributed by atoms with Gasteiger partial charge in [0, 0.05) is 42.0 Å². The Labute approximate surface area is 186 Å². The third-order valence-electron chi connectivity index (χ3n) is 6.92. The van der Waals surface area contributed by atoms with Crippen LogP contribution >= 0.6 is 0 Å². The first kappa shape index (κ1) is 20.8. The number of benzene rings is 1. The number of aromatic nitrogens is 1. The highest BCUT2D eigenvalue weighted by atomic mass is 16.5. The van der Waals surface area contributed by atoms with Gasteiger partial charge in [0.05, 0.1) is 17.4 Å². The fourth-order valence-corrected chi connectivity index (χ4v) is 5.49. The number of carboxylic acids is 2. The average Bonchev–Trinajstić information content (AvgIpc) is 3.39. The van der Waals surface area contributed by atoms with E-state index >= 15 is 0 Å². The monoisotopic (exact) mass is 436 g/mol. The predicted octanol–water partition coefficient (Wildman–Crippen LogP) is 3.79. The molecule has 3 aliphatic rings. The van der Waals surface area contributed by atoms with Crippen molar-refractivity contribution in [3.63, 3.8) is 0 Å². The number of fused-ring (bicyclic) bond motifs is 5. The van der Waals surface area contributed by atoms with Gasteiger partial charge in [-0.1, -0.05) is 0 Å². The SMILES string of the molecule is CC1NCCn2c1cc1c2-c2c(cc(OC3CCCC3)cc2C(=CC(=O)O)C(=O)O)CC1. The highest BCUT2D eigenvalue weighted by Crippen LogP contribution is 2.44. The van der Waals surface area contributed by atoms with Crippen molar-refractivity contribution >= 4 is 17.5 Å². The quantitative estimate of drug-likeness (QED) is 0.617. The molecule has 32 heavy (non-hydrogen) atoms. The molecule has 5 rings (SSSR count). The van der Waals surface area contributed by atoms with E-state index < -0.39 is 11.9 Å². The van der Waals surface area contributed by atoms with E-state index in [-0.39, 0.29) is 17.7 Å². The molecule has 2 aromatic rings. The molecule has 1 atom stereocenters. The first-order valence-electron chi connectivity index (χ1n) is 11.4. The Kier molecular flexibility index (Phi) is 5.29. The summed E-state index contributed by atoms with van der Waals surface area (Å²) in [7, 11) is 0. The second-order valence-electron chi connectivity index (χ2n) is 9.00. The zero-order valence-electron chi connectivity index (χ0n) is 18.2. The highest BCUT2D eigenvalue weighted by Gasteiger charge is 2.31. The van der Waals surface area contributed by atoms with Gasteiger partial charge in [-0.15, -0.1) is 0 Å². The van der Waals surface area contributed by atoms with E-state index in [0.29, 0.717) is 11.3 Å². The topological polar surface area (TPSA) is 101 Å². The number of carboxylic acid groups (broad SMARTS) is 2. The number of carbonyl (C=O) groups is 2. The molecule has 0 radical (unpaired) electrons. The van der Waals surface area contributed by atoms with Crippen LogP contribution < -0.4 is 10.1 Å². The van der Waals surface area contributed by atoms with E-state index in [9.17, 15) is 19.8 Å². The summed E-state index contributed by atoms with van der Waals surface area (Å²) in [5.41, 5.74) is 5.47. The van der Waals surface area contributed by atoms with Crippen molar-refractivity contribution in [2.45, 2.75) is 64.1 Å². The van der Waals surface area contributed by atoms with Crippen molar-refractivity contribution < 1.29 is 24.5 Å². The second kappa shape index (κ2) is 8.13. The van der Waals surface area contributed by atoms with Gasteiger partial charge in [0.15, 0.2) is 0 Å². The number of hydrogen-bond acceptors (Lipinski definition) is 4. The molecule has 2 aliphatic carbocycles. The van der Waals surface area contributed by atoms with Gasteiger partial charge in [-0.05, 0) is 74.8 Å². The molecule has 7 heteroatoms. The van der Waals surface area contributed by atoms with Crippen molar-refractivity contribution in [1.82, 2.24) is 9.88 Å². The number of nitrogens with zero attached hydrogens (tertiary/aromatic N) is 1. The zero-order valence-corrected chi connectivity index (χ0v) is 18.2. The Morgan fingerprint density at radius 1 is 1.12 bits per heavy atom. The molecule has 0 spiro atoms. The summed E-state index contributed by atoms with van der Waals surface area (Å²) >= 11 is 0. The Bertz CT molecular complexity index is 1120. The summed E-state index contributed by atoms with van der Waals surface area (Å²) in [5.74, 6) is -1.89. The van der Waals surface area contributed by atoms with Crippen LogP contribution in [0.4, 0.5) is 0 Å². The maximum absolute atomic E-state index is 12.2. The lowest BCUT2D eigenvalue weighted by molar-refractivity contribution is -0.133. The van der Waals surface area contributed by atoms with Crippen molar-refractivity contribution in [2.24, 2.45) is 0 Å². The normalized spacial score (nSPS) is 20.4. The molecule has 1 saturated carbocycles. The van der Waals surface area contributed by atoms with Crippen molar-refractivity contribution in [2.75, 3.05) is 6.54 Å². The van der Waals surface area contributed by atoms with E-state index in [1.165, 1.54) is 11.3 Å². The maximum atomic E-state index is 12.2. The van der Waals surface area contributed by atoms with E-state index in [1.807, 2.05) is 6.07 Å². The van der Waals surface area contributed by atoms with Gasteiger partial charge in [0.25, 0.3) is 0 Å². The van der Waals surface area contributed by atoms with E-state index in [2.05, 4.69) is 22.9 Å². The molecule has 1 aromatic carbocycles. The molecule has 7 nitrogen and oxygen atoms in total. The van der Waals surface area contributed by atoms with Gasteiger partial charge in [-0.2, -0.15) is 0 Å². The fourth-order valence-electron chi connectivity index (χ4n) is 5.49. The number of aryl methyl sites for hydroxylation is 2. The lowest BCUT2D eigenvalue weighted by Gasteiger charge is -2.28. The van der Waals surface area contributed by atoms with Gasteiger partial charge < -0.3 is 24.8 Å². The molecule has 168 valence electrons. The van der Waals surface area contributed by atoms with E-state index in [4.69, 9.17) is 4.74 Å². The van der Waals surface area contributed by atoms with Crippen LogP contribution in [0, 0.1) is 0 Å². The number of hydrogen-bond donors (Lipinski definition) is 3. The van der Waals surface area contributed by atoms with Crippen molar-refractivity contribution in [3.05, 3.63) is 46.7 Å². The summed E-state index contributed by atoms with van der Waals surface area (Å²) in [4.78, 5) is 23.7. The average molecular weight is 437 g/mol. The van der Waals surface area contributed by atoms with Crippen molar-refractivity contribution in [3.8, 4) is 17.0 Å². The number of ether oxygens (including phenoxy) is 1. The van der Waals surface area contributed by atoms with E-state index in [0.717, 1.165) is 74.5 Å². The molecule has 1 aromatic heterocycles. The van der Waals surface area contributed by atoms with E-state index in [1.54, 1.807) is 6.07 Å². The minimum atomic E-state index is -1.27. The minimum absolute atomic E-state index is 0.129. The summed E-state index contributed by atoms with van der Waals surface area (Å²) < 4.78 is 8.51. The molecular weight excluding hydrogens is 408 g/mol. The van der Waals surface area contributed by atoms with Crippen LogP contribution in [0.1, 0.15) is 61.0 Å². The summed E-state index contributed by atoms with van der Waals surface area (Å²) in [6, 6.07) is 6.19. The number of aliphatic carboxylic acids is 2. The third-order valence-corrected chi connectivity index (χ3v) is 6.92. The van der Waals surface area contributed by atoms with Gasteiger partial charge in [0.2, 0.25) is 0 Å². The first-order valence-corrected chi connectivity index (χ1v) is 11.4. The first-order chi connectivity index (χ1) is 15.4. The zero-order chi connectivity index (χ0) is 22.4. The largest absolute Gasteiger partial charge is 0.490 e. The van der Waals surface area contributed by atoms with Crippen molar-refractivity contribution in [1.29, 1.82) is 0 Å². The minimum Gasteiger partial charge on any atom is -0.490 e. The van der Waals surface area contributed by atoms with Crippen LogP contribution in [0.15, 0.2) is 24.3 Å². The van der Waals surface area contributed by atoms with Gasteiger partial charge in [-0.25, -0.2) is 9.59 Å². The second-order valence-corrected chi connectivity index (χ2v) is 9.00.